The van der Waals surface area contributed by atoms with E-state index in [4.69, 9.17) is 9.47 Å². The molecule has 9 heteroatoms. The molecule has 1 atom stereocenters. The van der Waals surface area contributed by atoms with Gasteiger partial charge in [0.05, 0.1) is 18.4 Å². The fourth-order valence-corrected chi connectivity index (χ4v) is 4.19. The van der Waals surface area contributed by atoms with Crippen LogP contribution in [0.15, 0.2) is 73.7 Å². The molecule has 1 fully saturated rings. The molecule has 5 rings (SSSR count). The van der Waals surface area contributed by atoms with Gasteiger partial charge in [-0.3, -0.25) is 14.8 Å². The maximum absolute atomic E-state index is 13.3. The Kier molecular flexibility index (Phi) is 6.56. The first-order chi connectivity index (χ1) is 17.2. The molecule has 4 heterocycles. The Bertz CT molecular complexity index is 1300. The van der Waals surface area contributed by atoms with Crippen LogP contribution in [0.2, 0.25) is 0 Å². The minimum atomic E-state index is -0.0610. The third-order valence-electron chi connectivity index (χ3n) is 5.93. The Balaban J connectivity index is 1.33. The molecule has 1 unspecified atom stereocenters. The summed E-state index contributed by atoms with van der Waals surface area (Å²) in [4.78, 5) is 36.6. The van der Waals surface area contributed by atoms with Gasteiger partial charge < -0.3 is 14.4 Å². The predicted octanol–water partition coefficient (Wildman–Crippen LogP) is 4.15. The normalized spacial score (nSPS) is 15.5. The summed E-state index contributed by atoms with van der Waals surface area (Å²) < 4.78 is 11.5. The summed E-state index contributed by atoms with van der Waals surface area (Å²) in [5.74, 6) is 1.54. The molecular formula is C26H24N6O3. The van der Waals surface area contributed by atoms with E-state index in [0.717, 1.165) is 29.8 Å². The van der Waals surface area contributed by atoms with Crippen LogP contribution >= 0.6 is 0 Å². The summed E-state index contributed by atoms with van der Waals surface area (Å²) in [6.45, 7) is 1.20. The number of benzene rings is 1. The number of aromatic nitrogens is 5. The number of hydrogen-bond donors (Lipinski definition) is 0. The van der Waals surface area contributed by atoms with Crippen LogP contribution in [0.25, 0.3) is 11.3 Å². The zero-order valence-corrected chi connectivity index (χ0v) is 19.2. The maximum atomic E-state index is 13.3. The van der Waals surface area contributed by atoms with Gasteiger partial charge in [-0.05, 0) is 37.1 Å². The summed E-state index contributed by atoms with van der Waals surface area (Å²) in [5, 5.41) is 0. The van der Waals surface area contributed by atoms with Crippen molar-refractivity contribution < 1.29 is 14.3 Å². The Morgan fingerprint density at radius 2 is 1.77 bits per heavy atom. The number of piperidine rings is 1. The lowest BCUT2D eigenvalue weighted by Gasteiger charge is -2.32. The van der Waals surface area contributed by atoms with Gasteiger partial charge in [-0.15, -0.1) is 0 Å². The number of hydrogen-bond acceptors (Lipinski definition) is 8. The number of methoxy groups -OCH3 is 1. The lowest BCUT2D eigenvalue weighted by atomic mass is 9.94. The van der Waals surface area contributed by atoms with Gasteiger partial charge in [-0.2, -0.15) is 0 Å². The van der Waals surface area contributed by atoms with Crippen molar-refractivity contribution >= 4 is 5.91 Å². The smallest absolute Gasteiger partial charge is 0.255 e. The van der Waals surface area contributed by atoms with E-state index in [9.17, 15) is 4.79 Å². The molecule has 0 radical (unpaired) electrons. The Hall–Kier alpha value is -4.40. The van der Waals surface area contributed by atoms with Gasteiger partial charge in [0.1, 0.15) is 12.0 Å². The number of ether oxygens (including phenoxy) is 2. The second-order valence-corrected chi connectivity index (χ2v) is 8.15. The van der Waals surface area contributed by atoms with E-state index in [2.05, 4.69) is 24.9 Å². The number of para-hydroxylation sites is 2. The molecule has 1 aromatic carbocycles. The monoisotopic (exact) mass is 468 g/mol. The highest BCUT2D eigenvalue weighted by atomic mass is 16.5. The molecule has 0 bridgehead atoms. The maximum Gasteiger partial charge on any atom is 0.255 e. The van der Waals surface area contributed by atoms with Crippen molar-refractivity contribution in [1.29, 1.82) is 0 Å². The number of carbonyl (C=O) groups is 1. The van der Waals surface area contributed by atoms with Crippen LogP contribution in [0.3, 0.4) is 0 Å². The second kappa shape index (κ2) is 10.3. The molecule has 1 aliphatic rings. The molecular weight excluding hydrogens is 444 g/mol. The lowest BCUT2D eigenvalue weighted by molar-refractivity contribution is 0.0704. The summed E-state index contributed by atoms with van der Waals surface area (Å²) in [6, 6.07) is 11.0. The van der Waals surface area contributed by atoms with Gasteiger partial charge in [0, 0.05) is 55.6 Å². The molecule has 0 aliphatic carbocycles. The SMILES string of the molecule is COc1ccccc1Oc1nccnc1C1CCCN(C(=O)c2ccc(-c3cncnc3)nc2)C1. The van der Waals surface area contributed by atoms with Crippen molar-refractivity contribution in [3.63, 3.8) is 0 Å². The first-order valence-electron chi connectivity index (χ1n) is 11.4. The fraction of sp³-hybridized carbons (Fsp3) is 0.231. The number of rotatable bonds is 6. The minimum Gasteiger partial charge on any atom is -0.493 e. The van der Waals surface area contributed by atoms with E-state index in [1.807, 2.05) is 35.2 Å². The summed E-state index contributed by atoms with van der Waals surface area (Å²) in [6.07, 6.45) is 11.5. The van der Waals surface area contributed by atoms with Crippen molar-refractivity contribution in [1.82, 2.24) is 29.8 Å². The fourth-order valence-electron chi connectivity index (χ4n) is 4.19. The predicted molar refractivity (Wildman–Crippen MR) is 128 cm³/mol. The quantitative estimate of drug-likeness (QED) is 0.416. The molecule has 1 amide bonds. The molecule has 9 nitrogen and oxygen atoms in total. The highest BCUT2D eigenvalue weighted by Gasteiger charge is 2.29. The first-order valence-corrected chi connectivity index (χ1v) is 11.4. The molecule has 0 saturated carbocycles. The van der Waals surface area contributed by atoms with Crippen molar-refractivity contribution in [2.45, 2.75) is 18.8 Å². The van der Waals surface area contributed by atoms with Crippen molar-refractivity contribution in [2.24, 2.45) is 0 Å². The molecule has 3 aromatic heterocycles. The van der Waals surface area contributed by atoms with Gasteiger partial charge in [0.25, 0.3) is 5.91 Å². The molecule has 176 valence electrons. The second-order valence-electron chi connectivity index (χ2n) is 8.15. The summed E-state index contributed by atoms with van der Waals surface area (Å²) in [7, 11) is 1.60. The zero-order valence-electron chi connectivity index (χ0n) is 19.2. The average molecular weight is 469 g/mol. The Morgan fingerprint density at radius 3 is 2.54 bits per heavy atom. The third kappa shape index (κ3) is 4.93. The van der Waals surface area contributed by atoms with Crippen LogP contribution in [0, 0.1) is 0 Å². The van der Waals surface area contributed by atoms with E-state index in [1.165, 1.54) is 6.33 Å². The molecule has 1 saturated heterocycles. The molecule has 0 spiro atoms. The number of carbonyl (C=O) groups excluding carboxylic acids is 1. The summed E-state index contributed by atoms with van der Waals surface area (Å²) >= 11 is 0. The molecule has 35 heavy (non-hydrogen) atoms. The van der Waals surface area contributed by atoms with Crippen LogP contribution in [-0.4, -0.2) is 55.9 Å². The third-order valence-corrected chi connectivity index (χ3v) is 5.93. The van der Waals surface area contributed by atoms with E-state index in [1.54, 1.807) is 44.2 Å². The molecule has 4 aromatic rings. The van der Waals surface area contributed by atoms with E-state index >= 15 is 0 Å². The van der Waals surface area contributed by atoms with Gasteiger partial charge in [0.2, 0.25) is 5.88 Å². The minimum absolute atomic E-state index is 0.000179. The Morgan fingerprint density at radius 1 is 0.971 bits per heavy atom. The van der Waals surface area contributed by atoms with Gasteiger partial charge in [0.15, 0.2) is 11.5 Å². The zero-order chi connectivity index (χ0) is 24.0. The van der Waals surface area contributed by atoms with Crippen LogP contribution in [0.4, 0.5) is 0 Å². The first kappa shape index (κ1) is 22.4. The van der Waals surface area contributed by atoms with Gasteiger partial charge >= 0.3 is 0 Å². The van der Waals surface area contributed by atoms with Gasteiger partial charge in [-0.1, -0.05) is 12.1 Å². The van der Waals surface area contributed by atoms with Crippen LogP contribution < -0.4 is 9.47 Å². The lowest BCUT2D eigenvalue weighted by Crippen LogP contribution is -2.39. The topological polar surface area (TPSA) is 103 Å². The van der Waals surface area contributed by atoms with Crippen LogP contribution in [0.5, 0.6) is 17.4 Å². The number of pyridine rings is 1. The molecule has 0 N–H and O–H groups in total. The van der Waals surface area contributed by atoms with Crippen LogP contribution in [-0.2, 0) is 0 Å². The van der Waals surface area contributed by atoms with E-state index in [-0.39, 0.29) is 11.8 Å². The largest absolute Gasteiger partial charge is 0.493 e. The average Bonchev–Trinajstić information content (AvgIpc) is 2.94. The van der Waals surface area contributed by atoms with Gasteiger partial charge in [-0.25, -0.2) is 15.0 Å². The molecule has 1 aliphatic heterocycles. The Labute approximate surface area is 202 Å². The van der Waals surface area contributed by atoms with Crippen molar-refractivity contribution in [3.8, 4) is 28.6 Å². The van der Waals surface area contributed by atoms with Crippen molar-refractivity contribution in [3.05, 3.63) is 85.0 Å². The summed E-state index contributed by atoms with van der Waals surface area (Å²) in [5.41, 5.74) is 2.79. The highest BCUT2D eigenvalue weighted by molar-refractivity contribution is 5.94. The van der Waals surface area contributed by atoms with E-state index < -0.39 is 0 Å². The van der Waals surface area contributed by atoms with E-state index in [0.29, 0.717) is 36.0 Å². The standard InChI is InChI=1S/C26H24N6O3/c1-34-22-6-2-3-7-23(22)35-25-24(29-10-11-30-25)19-5-4-12-32(16-19)26(33)18-8-9-21(31-15-18)20-13-27-17-28-14-20/h2-3,6-11,13-15,17,19H,4-5,12,16H2,1H3. The number of nitrogens with zero attached hydrogens (tertiary/aromatic N) is 6. The van der Waals surface area contributed by atoms with Crippen molar-refractivity contribution in [2.75, 3.05) is 20.2 Å². The van der Waals surface area contributed by atoms with Crippen LogP contribution in [0.1, 0.15) is 34.8 Å². The number of likely N-dealkylation sites (tertiary alicyclic amines) is 1. The highest BCUT2D eigenvalue weighted by Crippen LogP contribution is 2.36. The number of amides is 1.